The highest BCUT2D eigenvalue weighted by molar-refractivity contribution is 9.10. The molecule has 4 nitrogen and oxygen atoms in total. The molecule has 0 aliphatic rings. The molecule has 20 heavy (non-hydrogen) atoms. The quantitative estimate of drug-likeness (QED) is 0.797. The van der Waals surface area contributed by atoms with Crippen LogP contribution in [-0.4, -0.2) is 24.0 Å². The smallest absolute Gasteiger partial charge is 0.303 e. The second-order valence-electron chi connectivity index (χ2n) is 5.64. The summed E-state index contributed by atoms with van der Waals surface area (Å²) in [5.41, 5.74) is 0.859. The van der Waals surface area contributed by atoms with Crippen molar-refractivity contribution >= 4 is 27.7 Å². The lowest BCUT2D eigenvalue weighted by Crippen LogP contribution is -2.21. The van der Waals surface area contributed by atoms with Crippen molar-refractivity contribution in [2.45, 2.75) is 33.6 Å². The van der Waals surface area contributed by atoms with Crippen molar-refractivity contribution in [2.24, 2.45) is 5.41 Å². The number of Topliss-reactive ketones (excluding diaryl/α,β-unsaturated/α-hetero) is 1. The highest BCUT2D eigenvalue weighted by atomic mass is 79.9. The van der Waals surface area contributed by atoms with Gasteiger partial charge in [0.2, 0.25) is 0 Å². The number of ketones is 1. The molecule has 0 saturated carbocycles. The summed E-state index contributed by atoms with van der Waals surface area (Å²) in [4.78, 5) is 23.2. The molecule has 0 radical (unpaired) electrons. The summed E-state index contributed by atoms with van der Waals surface area (Å²) in [6.45, 7) is 5.46. The van der Waals surface area contributed by atoms with Crippen LogP contribution in [0.5, 0.6) is 5.75 Å². The summed E-state index contributed by atoms with van der Waals surface area (Å²) in [5, 5.41) is 8.87. The van der Waals surface area contributed by atoms with E-state index < -0.39 is 11.4 Å². The number of hydrogen-bond acceptors (Lipinski definition) is 3. The monoisotopic (exact) mass is 342 g/mol. The van der Waals surface area contributed by atoms with E-state index in [1.807, 2.05) is 6.92 Å². The first-order valence-corrected chi connectivity index (χ1v) is 7.05. The molecule has 0 fully saturated rings. The van der Waals surface area contributed by atoms with Gasteiger partial charge in [-0.1, -0.05) is 29.8 Å². The van der Waals surface area contributed by atoms with Gasteiger partial charge >= 0.3 is 5.97 Å². The molecule has 1 rings (SSSR count). The van der Waals surface area contributed by atoms with Crippen molar-refractivity contribution < 1.29 is 19.4 Å². The second-order valence-corrected chi connectivity index (χ2v) is 6.49. The van der Waals surface area contributed by atoms with Crippen LogP contribution in [0, 0.1) is 12.3 Å². The molecular weight excluding hydrogens is 324 g/mol. The molecule has 1 N–H and O–H groups in total. The molecule has 0 aliphatic heterocycles. The Morgan fingerprint density at radius 2 is 1.90 bits per heavy atom. The fourth-order valence-electron chi connectivity index (χ4n) is 2.04. The summed E-state index contributed by atoms with van der Waals surface area (Å²) >= 11 is 3.40. The lowest BCUT2D eigenvalue weighted by atomic mass is 9.82. The molecule has 0 aliphatic carbocycles. The number of ether oxygens (including phenoxy) is 1. The van der Waals surface area contributed by atoms with Gasteiger partial charge in [-0.3, -0.25) is 9.59 Å². The summed E-state index contributed by atoms with van der Waals surface area (Å²) in [6.07, 6.45) is 0.110. The molecule has 0 amide bonds. The predicted molar refractivity (Wildman–Crippen MR) is 80.4 cm³/mol. The van der Waals surface area contributed by atoms with Gasteiger partial charge in [0.1, 0.15) is 5.75 Å². The number of carboxylic acid groups (broad SMARTS) is 1. The number of aliphatic carboxylic acids is 1. The topological polar surface area (TPSA) is 63.6 Å². The van der Waals surface area contributed by atoms with Crippen LogP contribution in [0.2, 0.25) is 0 Å². The lowest BCUT2D eigenvalue weighted by molar-refractivity contribution is -0.139. The number of carboxylic acids is 1. The zero-order chi connectivity index (χ0) is 15.5. The Balaban J connectivity index is 3.03. The van der Waals surface area contributed by atoms with Crippen LogP contribution in [0.15, 0.2) is 16.6 Å². The minimum atomic E-state index is -0.903. The van der Waals surface area contributed by atoms with Crippen molar-refractivity contribution in [1.29, 1.82) is 0 Å². The Hall–Kier alpha value is -1.36. The molecule has 0 spiro atoms. The summed E-state index contributed by atoms with van der Waals surface area (Å²) < 4.78 is 6.07. The van der Waals surface area contributed by atoms with Crippen LogP contribution in [0.1, 0.15) is 42.6 Å². The Morgan fingerprint density at radius 3 is 2.40 bits per heavy atom. The van der Waals surface area contributed by atoms with E-state index in [4.69, 9.17) is 9.84 Å². The summed E-state index contributed by atoms with van der Waals surface area (Å²) in [7, 11) is 1.52. The summed E-state index contributed by atoms with van der Waals surface area (Å²) in [6, 6.07) is 3.52. The third-order valence-corrected chi connectivity index (χ3v) is 3.90. The predicted octanol–water partition coefficient (Wildman–Crippen LogP) is 3.84. The maximum atomic E-state index is 12.4. The maximum Gasteiger partial charge on any atom is 0.303 e. The Labute approximate surface area is 127 Å². The molecule has 0 heterocycles. The Morgan fingerprint density at radius 1 is 1.30 bits per heavy atom. The van der Waals surface area contributed by atoms with Crippen LogP contribution < -0.4 is 4.74 Å². The van der Waals surface area contributed by atoms with Crippen molar-refractivity contribution in [1.82, 2.24) is 0 Å². The van der Waals surface area contributed by atoms with E-state index in [0.29, 0.717) is 11.3 Å². The van der Waals surface area contributed by atoms with Gasteiger partial charge in [-0.25, -0.2) is 0 Å². The molecular formula is C15H19BrO4. The van der Waals surface area contributed by atoms with Gasteiger partial charge in [0.15, 0.2) is 5.78 Å². The number of hydrogen-bond donors (Lipinski definition) is 1. The van der Waals surface area contributed by atoms with E-state index in [2.05, 4.69) is 15.9 Å². The largest absolute Gasteiger partial charge is 0.496 e. The van der Waals surface area contributed by atoms with Gasteiger partial charge in [-0.15, -0.1) is 0 Å². The number of benzene rings is 1. The third-order valence-electron chi connectivity index (χ3n) is 3.05. The maximum absolute atomic E-state index is 12.4. The third kappa shape index (κ3) is 4.34. The fourth-order valence-corrected chi connectivity index (χ4v) is 2.39. The van der Waals surface area contributed by atoms with E-state index in [9.17, 15) is 9.59 Å². The first-order chi connectivity index (χ1) is 9.16. The van der Waals surface area contributed by atoms with E-state index in [1.54, 1.807) is 26.0 Å². The zero-order valence-corrected chi connectivity index (χ0v) is 13.7. The molecule has 1 aromatic rings. The van der Waals surface area contributed by atoms with Crippen molar-refractivity contribution in [3.63, 3.8) is 0 Å². The van der Waals surface area contributed by atoms with Crippen molar-refractivity contribution in [3.05, 3.63) is 27.7 Å². The van der Waals surface area contributed by atoms with Crippen LogP contribution in [0.4, 0.5) is 0 Å². The number of carbonyl (C=O) groups excluding carboxylic acids is 1. The number of rotatable bonds is 6. The molecule has 0 atom stereocenters. The van der Waals surface area contributed by atoms with E-state index in [1.165, 1.54) is 7.11 Å². The highest BCUT2D eigenvalue weighted by Crippen LogP contribution is 2.32. The average molecular weight is 343 g/mol. The normalized spacial score (nSPS) is 11.2. The first kappa shape index (κ1) is 16.7. The van der Waals surface area contributed by atoms with Crippen LogP contribution >= 0.6 is 15.9 Å². The second kappa shape index (κ2) is 6.39. The van der Waals surface area contributed by atoms with Crippen molar-refractivity contribution in [2.75, 3.05) is 7.11 Å². The highest BCUT2D eigenvalue weighted by Gasteiger charge is 2.27. The van der Waals surface area contributed by atoms with Gasteiger partial charge in [0.25, 0.3) is 0 Å². The minimum absolute atomic E-state index is 0.0475. The molecule has 110 valence electrons. The molecule has 0 unspecified atom stereocenters. The van der Waals surface area contributed by atoms with Crippen LogP contribution in [0.3, 0.4) is 0 Å². The molecule has 1 aromatic carbocycles. The Bertz CT molecular complexity index is 535. The lowest BCUT2D eigenvalue weighted by Gasteiger charge is -2.22. The Kier molecular flexibility index (Phi) is 5.34. The number of aryl methyl sites for hydroxylation is 1. The van der Waals surface area contributed by atoms with E-state index in [0.717, 1.165) is 10.0 Å². The number of halogens is 1. The number of methoxy groups -OCH3 is 1. The van der Waals surface area contributed by atoms with Gasteiger partial charge in [-0.05, 0) is 30.0 Å². The molecule has 0 saturated heterocycles. The first-order valence-electron chi connectivity index (χ1n) is 6.25. The molecule has 0 aromatic heterocycles. The summed E-state index contributed by atoms with van der Waals surface area (Å²) in [5.74, 6) is -0.504. The van der Waals surface area contributed by atoms with Crippen LogP contribution in [-0.2, 0) is 4.79 Å². The molecule has 0 bridgehead atoms. The number of carbonyl (C=O) groups is 2. The SMILES string of the molecule is COc1cc(C)c(Br)cc1C(=O)CC(C)(C)CC(=O)O. The fraction of sp³-hybridized carbons (Fsp3) is 0.467. The van der Waals surface area contributed by atoms with E-state index in [-0.39, 0.29) is 18.6 Å². The average Bonchev–Trinajstić information content (AvgIpc) is 2.29. The zero-order valence-electron chi connectivity index (χ0n) is 12.1. The van der Waals surface area contributed by atoms with Crippen LogP contribution in [0.25, 0.3) is 0 Å². The van der Waals surface area contributed by atoms with Gasteiger partial charge in [0, 0.05) is 10.9 Å². The standard InChI is InChI=1S/C15H19BrO4/c1-9-5-13(20-4)10(6-11(9)16)12(17)7-15(2,3)8-14(18)19/h5-6H,7-8H2,1-4H3,(H,18,19). The van der Waals surface area contributed by atoms with Gasteiger partial charge in [-0.2, -0.15) is 0 Å². The van der Waals surface area contributed by atoms with Gasteiger partial charge < -0.3 is 9.84 Å². The van der Waals surface area contributed by atoms with E-state index >= 15 is 0 Å². The van der Waals surface area contributed by atoms with Gasteiger partial charge in [0.05, 0.1) is 19.1 Å². The van der Waals surface area contributed by atoms with Crippen molar-refractivity contribution in [3.8, 4) is 5.75 Å². The minimum Gasteiger partial charge on any atom is -0.496 e. The molecule has 5 heteroatoms.